The van der Waals surface area contributed by atoms with Crippen LogP contribution in [0.1, 0.15) is 42.5 Å². The van der Waals surface area contributed by atoms with Crippen molar-refractivity contribution in [1.29, 1.82) is 0 Å². The molecule has 4 nitrogen and oxygen atoms in total. The van der Waals surface area contributed by atoms with Gasteiger partial charge in [-0.15, -0.1) is 0 Å². The van der Waals surface area contributed by atoms with Crippen molar-refractivity contribution in [3.8, 4) is 0 Å². The standard InChI is InChI=1S/C20H28N2O2/c1-21-18-3-2-4-19(21)14-16(13-18)20(23)15-5-7-17(8-6-15)22-9-11-24-12-10-22/h5-8,16,18-19H,2-4,9-14H2,1H3. The van der Waals surface area contributed by atoms with Crippen LogP contribution in [0.15, 0.2) is 24.3 Å². The van der Waals surface area contributed by atoms with Crippen LogP contribution in [-0.2, 0) is 4.74 Å². The number of rotatable bonds is 3. The van der Waals surface area contributed by atoms with Crippen molar-refractivity contribution >= 4 is 11.5 Å². The summed E-state index contributed by atoms with van der Waals surface area (Å²) in [5.41, 5.74) is 2.09. The quantitative estimate of drug-likeness (QED) is 0.799. The molecule has 1 aromatic rings. The first-order valence-corrected chi connectivity index (χ1v) is 9.41. The van der Waals surface area contributed by atoms with Gasteiger partial charge in [-0.05, 0) is 57.0 Å². The van der Waals surface area contributed by atoms with Gasteiger partial charge in [0, 0.05) is 42.3 Å². The predicted octanol–water partition coefficient (Wildman–Crippen LogP) is 2.97. The SMILES string of the molecule is CN1C2CCCC1CC(C(=O)c1ccc(N3CCOCC3)cc1)C2. The normalized spacial score (nSPS) is 31.0. The highest BCUT2D eigenvalue weighted by Gasteiger charge is 2.38. The van der Waals surface area contributed by atoms with Crippen molar-refractivity contribution in [3.63, 3.8) is 0 Å². The highest BCUT2D eigenvalue weighted by molar-refractivity contribution is 5.98. The number of carbonyl (C=O) groups excluding carboxylic acids is 1. The molecule has 2 atom stereocenters. The van der Waals surface area contributed by atoms with Gasteiger partial charge in [-0.3, -0.25) is 4.79 Å². The second-order valence-corrected chi connectivity index (χ2v) is 7.58. The van der Waals surface area contributed by atoms with E-state index in [-0.39, 0.29) is 5.92 Å². The number of anilines is 1. The topological polar surface area (TPSA) is 32.8 Å². The number of hydrogen-bond donors (Lipinski definition) is 0. The number of nitrogens with zero attached hydrogens (tertiary/aromatic N) is 2. The third-order valence-electron chi connectivity index (χ3n) is 6.24. The lowest BCUT2D eigenvalue weighted by Gasteiger charge is -2.46. The lowest BCUT2D eigenvalue weighted by molar-refractivity contribution is 0.0338. The van der Waals surface area contributed by atoms with E-state index in [4.69, 9.17) is 4.74 Å². The molecule has 4 rings (SSSR count). The summed E-state index contributed by atoms with van der Waals surface area (Å²) in [6.07, 6.45) is 5.92. The minimum atomic E-state index is 0.214. The molecule has 0 aliphatic carbocycles. The van der Waals surface area contributed by atoms with Gasteiger partial charge in [0.25, 0.3) is 0 Å². The third kappa shape index (κ3) is 3.09. The van der Waals surface area contributed by atoms with Gasteiger partial charge in [0.1, 0.15) is 0 Å². The van der Waals surface area contributed by atoms with Crippen molar-refractivity contribution in [2.75, 3.05) is 38.3 Å². The number of carbonyl (C=O) groups is 1. The van der Waals surface area contributed by atoms with Gasteiger partial charge in [-0.25, -0.2) is 0 Å². The maximum Gasteiger partial charge on any atom is 0.166 e. The molecule has 4 heteroatoms. The Morgan fingerprint density at radius 1 is 1.04 bits per heavy atom. The first-order valence-electron chi connectivity index (χ1n) is 9.41. The average molecular weight is 328 g/mol. The molecule has 3 aliphatic heterocycles. The fraction of sp³-hybridized carbons (Fsp3) is 0.650. The van der Waals surface area contributed by atoms with E-state index in [0.717, 1.165) is 44.7 Å². The van der Waals surface area contributed by atoms with E-state index in [0.29, 0.717) is 17.9 Å². The zero-order valence-corrected chi connectivity index (χ0v) is 14.6. The molecule has 3 aliphatic rings. The number of ether oxygens (including phenoxy) is 1. The number of Topliss-reactive ketones (excluding diaryl/α,β-unsaturated/α-hetero) is 1. The molecule has 24 heavy (non-hydrogen) atoms. The summed E-state index contributed by atoms with van der Waals surface area (Å²) in [7, 11) is 2.24. The molecule has 1 aromatic carbocycles. The Morgan fingerprint density at radius 3 is 2.29 bits per heavy atom. The maximum atomic E-state index is 13.0. The molecule has 3 fully saturated rings. The van der Waals surface area contributed by atoms with Gasteiger partial charge in [0.15, 0.2) is 5.78 Å². The Bertz CT molecular complexity index is 566. The monoisotopic (exact) mass is 328 g/mol. The summed E-state index contributed by atoms with van der Waals surface area (Å²) in [6, 6.07) is 9.49. The Balaban J connectivity index is 1.44. The Morgan fingerprint density at radius 2 is 1.67 bits per heavy atom. The molecule has 0 N–H and O–H groups in total. The number of morpholine rings is 1. The van der Waals surface area contributed by atoms with Crippen molar-refractivity contribution in [1.82, 2.24) is 4.90 Å². The van der Waals surface area contributed by atoms with E-state index in [1.54, 1.807) is 0 Å². The second kappa shape index (κ2) is 6.85. The smallest absolute Gasteiger partial charge is 0.166 e. The van der Waals surface area contributed by atoms with Crippen LogP contribution in [0.25, 0.3) is 0 Å². The molecule has 130 valence electrons. The first-order chi connectivity index (χ1) is 11.7. The largest absolute Gasteiger partial charge is 0.378 e. The molecule has 2 unspecified atom stereocenters. The molecular formula is C20H28N2O2. The van der Waals surface area contributed by atoms with Gasteiger partial charge in [-0.1, -0.05) is 6.42 Å². The van der Waals surface area contributed by atoms with Crippen LogP contribution < -0.4 is 4.90 Å². The van der Waals surface area contributed by atoms with E-state index in [1.807, 2.05) is 12.1 Å². The number of fused-ring (bicyclic) bond motifs is 2. The van der Waals surface area contributed by atoms with E-state index in [9.17, 15) is 4.79 Å². The average Bonchev–Trinajstić information content (AvgIpc) is 2.62. The zero-order valence-electron chi connectivity index (χ0n) is 14.6. The molecule has 3 heterocycles. The Hall–Kier alpha value is -1.39. The van der Waals surface area contributed by atoms with Crippen LogP contribution in [0.3, 0.4) is 0 Å². The van der Waals surface area contributed by atoms with Crippen LogP contribution in [0.5, 0.6) is 0 Å². The molecule has 0 spiro atoms. The van der Waals surface area contributed by atoms with Gasteiger partial charge >= 0.3 is 0 Å². The molecule has 0 radical (unpaired) electrons. The third-order valence-corrected chi connectivity index (χ3v) is 6.24. The maximum absolute atomic E-state index is 13.0. The van der Waals surface area contributed by atoms with Crippen LogP contribution >= 0.6 is 0 Å². The fourth-order valence-corrected chi connectivity index (χ4v) is 4.72. The minimum Gasteiger partial charge on any atom is -0.378 e. The minimum absolute atomic E-state index is 0.214. The summed E-state index contributed by atoms with van der Waals surface area (Å²) in [5.74, 6) is 0.569. The number of ketones is 1. The molecule has 0 aromatic heterocycles. The van der Waals surface area contributed by atoms with Crippen molar-refractivity contribution in [2.45, 2.75) is 44.2 Å². The predicted molar refractivity (Wildman–Crippen MR) is 95.7 cm³/mol. The molecular weight excluding hydrogens is 300 g/mol. The Kier molecular flexibility index (Phi) is 4.59. The van der Waals surface area contributed by atoms with E-state index in [2.05, 4.69) is 29.0 Å². The lowest BCUT2D eigenvalue weighted by Crippen LogP contribution is -2.51. The van der Waals surface area contributed by atoms with E-state index >= 15 is 0 Å². The summed E-state index contributed by atoms with van der Waals surface area (Å²) in [4.78, 5) is 17.8. The molecule has 0 amide bonds. The van der Waals surface area contributed by atoms with Crippen LogP contribution in [0.4, 0.5) is 5.69 Å². The van der Waals surface area contributed by atoms with Gasteiger partial charge in [0.2, 0.25) is 0 Å². The van der Waals surface area contributed by atoms with E-state index < -0.39 is 0 Å². The van der Waals surface area contributed by atoms with Gasteiger partial charge in [0.05, 0.1) is 13.2 Å². The highest BCUT2D eigenvalue weighted by Crippen LogP contribution is 2.37. The van der Waals surface area contributed by atoms with Crippen molar-refractivity contribution in [3.05, 3.63) is 29.8 Å². The Labute approximate surface area is 144 Å². The van der Waals surface area contributed by atoms with Crippen LogP contribution in [0, 0.1) is 5.92 Å². The van der Waals surface area contributed by atoms with Crippen molar-refractivity contribution < 1.29 is 9.53 Å². The zero-order chi connectivity index (χ0) is 16.5. The van der Waals surface area contributed by atoms with Crippen LogP contribution in [-0.4, -0.2) is 56.1 Å². The molecule has 3 saturated heterocycles. The number of benzene rings is 1. The highest BCUT2D eigenvalue weighted by atomic mass is 16.5. The summed E-state index contributed by atoms with van der Waals surface area (Å²) >= 11 is 0. The molecule has 0 saturated carbocycles. The summed E-state index contributed by atoms with van der Waals surface area (Å²) < 4.78 is 5.41. The summed E-state index contributed by atoms with van der Waals surface area (Å²) in [6.45, 7) is 3.45. The number of piperidine rings is 2. The first kappa shape index (κ1) is 16.1. The van der Waals surface area contributed by atoms with Gasteiger partial charge < -0.3 is 14.5 Å². The van der Waals surface area contributed by atoms with Crippen LogP contribution in [0.2, 0.25) is 0 Å². The fourth-order valence-electron chi connectivity index (χ4n) is 4.72. The number of hydrogen-bond acceptors (Lipinski definition) is 4. The van der Waals surface area contributed by atoms with Crippen molar-refractivity contribution in [2.24, 2.45) is 5.92 Å². The van der Waals surface area contributed by atoms with E-state index in [1.165, 1.54) is 24.9 Å². The van der Waals surface area contributed by atoms with Gasteiger partial charge in [-0.2, -0.15) is 0 Å². The molecule has 2 bridgehead atoms. The second-order valence-electron chi connectivity index (χ2n) is 7.58. The lowest BCUT2D eigenvalue weighted by atomic mass is 9.76. The summed E-state index contributed by atoms with van der Waals surface area (Å²) in [5, 5.41) is 0.